The lowest BCUT2D eigenvalue weighted by molar-refractivity contribution is -0.358. The zero-order valence-corrected chi connectivity index (χ0v) is 27.3. The zero-order valence-electron chi connectivity index (χ0n) is 27.3. The van der Waals surface area contributed by atoms with E-state index >= 15 is 0 Å². The Kier molecular flexibility index (Phi) is 9.73. The van der Waals surface area contributed by atoms with E-state index in [9.17, 15) is 5.11 Å². The molecule has 3 heterocycles. The maximum absolute atomic E-state index is 10.9. The minimum absolute atomic E-state index is 0.0889. The van der Waals surface area contributed by atoms with Crippen LogP contribution >= 0.6 is 0 Å². The first-order valence-corrected chi connectivity index (χ1v) is 15.2. The number of nitrogens with one attached hydrogen (secondary N) is 1. The van der Waals surface area contributed by atoms with Crippen molar-refractivity contribution >= 4 is 0 Å². The monoisotopic (exact) mass is 627 g/mol. The van der Waals surface area contributed by atoms with Gasteiger partial charge >= 0.3 is 0 Å². The first-order chi connectivity index (χ1) is 21.7. The van der Waals surface area contributed by atoms with E-state index in [0.717, 1.165) is 11.1 Å². The number of ether oxygens (including phenoxy) is 8. The number of rotatable bonds is 12. The van der Waals surface area contributed by atoms with Gasteiger partial charge in [-0.2, -0.15) is 4.98 Å². The van der Waals surface area contributed by atoms with Crippen molar-refractivity contribution < 1.29 is 43.0 Å². The maximum Gasteiger partial charge on any atom is 0.248 e. The van der Waals surface area contributed by atoms with Crippen LogP contribution in [0.15, 0.2) is 47.7 Å². The van der Waals surface area contributed by atoms with Crippen LogP contribution < -0.4 is 24.3 Å². The molecule has 0 aromatic carbocycles. The van der Waals surface area contributed by atoms with Crippen molar-refractivity contribution in [1.29, 1.82) is 0 Å². The summed E-state index contributed by atoms with van der Waals surface area (Å²) >= 11 is 0. The van der Waals surface area contributed by atoms with Crippen LogP contribution in [0.2, 0.25) is 0 Å². The fourth-order valence-electron chi connectivity index (χ4n) is 7.20. The topological polar surface area (TPSA) is 132 Å². The van der Waals surface area contributed by atoms with Crippen molar-refractivity contribution in [1.82, 2.24) is 15.3 Å². The van der Waals surface area contributed by atoms with Gasteiger partial charge in [-0.05, 0) is 62.5 Å². The number of hydrogen-bond acceptors (Lipinski definition) is 12. The second-order valence-corrected chi connectivity index (χ2v) is 11.2. The van der Waals surface area contributed by atoms with Crippen molar-refractivity contribution in [3.05, 3.63) is 58.8 Å². The molecule has 2 fully saturated rings. The van der Waals surface area contributed by atoms with Crippen molar-refractivity contribution in [2.45, 2.75) is 62.4 Å². The molecule has 246 valence electrons. The van der Waals surface area contributed by atoms with E-state index in [1.54, 1.807) is 61.0 Å². The van der Waals surface area contributed by atoms with Gasteiger partial charge < -0.3 is 43.0 Å². The molecule has 2 aliphatic carbocycles. The molecular formula is C33H45N3O9. The summed E-state index contributed by atoms with van der Waals surface area (Å²) in [6.07, 6.45) is 7.02. The van der Waals surface area contributed by atoms with Crippen LogP contribution in [0.4, 0.5) is 0 Å². The summed E-state index contributed by atoms with van der Waals surface area (Å²) in [5.41, 5.74) is 1.86. The van der Waals surface area contributed by atoms with Crippen LogP contribution in [0.3, 0.4) is 0 Å². The Morgan fingerprint density at radius 1 is 0.844 bits per heavy atom. The van der Waals surface area contributed by atoms with E-state index in [4.69, 9.17) is 42.9 Å². The molecule has 1 saturated carbocycles. The Morgan fingerprint density at radius 2 is 1.56 bits per heavy atom. The molecule has 45 heavy (non-hydrogen) atoms. The standard InChI is InChI=1S/C33H45N3O9/c1-9-44-32(45-10-2)17-22-21-15-20(37)11-13-26(21)36-33(24(22)18-31(32,42-7)43-8,23-12-14-28(39-4)35-30(23)41-6)25-19-34-29(40-5)16-27(25)38-3/h12,14,16-21,26,36-37H,9-11,13,15H2,1-8H3/t20-,21-,26-,33?/m1/s1. The zero-order chi connectivity index (χ0) is 32.4. The minimum atomic E-state index is -1.52. The Morgan fingerprint density at radius 3 is 2.16 bits per heavy atom. The Hall–Kier alpha value is -3.26. The predicted octanol–water partition coefficient (Wildman–Crippen LogP) is 3.51. The van der Waals surface area contributed by atoms with E-state index in [-0.39, 0.29) is 12.0 Å². The van der Waals surface area contributed by atoms with Crippen LogP contribution in [-0.2, 0) is 24.5 Å². The molecule has 0 radical (unpaired) electrons. The number of aliphatic hydroxyl groups excluding tert-OH is 1. The van der Waals surface area contributed by atoms with Crippen LogP contribution in [0, 0.1) is 5.92 Å². The highest BCUT2D eigenvalue weighted by Gasteiger charge is 2.62. The second kappa shape index (κ2) is 13.2. The van der Waals surface area contributed by atoms with Gasteiger partial charge in [-0.25, -0.2) is 4.98 Å². The van der Waals surface area contributed by atoms with Crippen molar-refractivity contribution in [3.63, 3.8) is 0 Å². The van der Waals surface area contributed by atoms with Gasteiger partial charge in [-0.15, -0.1) is 0 Å². The van der Waals surface area contributed by atoms with E-state index in [1.807, 2.05) is 32.1 Å². The van der Waals surface area contributed by atoms with Gasteiger partial charge in [0.05, 0.1) is 34.5 Å². The molecule has 3 aliphatic rings. The largest absolute Gasteiger partial charge is 0.496 e. The summed E-state index contributed by atoms with van der Waals surface area (Å²) < 4.78 is 48.1. The Bertz CT molecular complexity index is 1360. The van der Waals surface area contributed by atoms with Crippen LogP contribution in [-0.4, -0.2) is 94.7 Å². The molecule has 12 heteroatoms. The summed E-state index contributed by atoms with van der Waals surface area (Å²) in [7, 11) is 9.41. The minimum Gasteiger partial charge on any atom is -0.496 e. The average molecular weight is 628 g/mol. The van der Waals surface area contributed by atoms with Gasteiger partial charge in [0.1, 0.15) is 11.3 Å². The average Bonchev–Trinajstić information content (AvgIpc) is 3.07. The first kappa shape index (κ1) is 33.1. The van der Waals surface area contributed by atoms with Crippen molar-refractivity contribution in [2.24, 2.45) is 5.92 Å². The normalized spacial score (nSPS) is 26.6. The van der Waals surface area contributed by atoms with Crippen LogP contribution in [0.1, 0.15) is 44.2 Å². The van der Waals surface area contributed by atoms with Gasteiger partial charge in [-0.1, -0.05) is 0 Å². The van der Waals surface area contributed by atoms with E-state index in [1.165, 1.54) is 0 Å². The van der Waals surface area contributed by atoms with E-state index in [2.05, 4.69) is 10.3 Å². The van der Waals surface area contributed by atoms with Gasteiger partial charge in [-0.3, -0.25) is 5.32 Å². The number of aliphatic hydroxyl groups is 1. The number of methoxy groups -OCH3 is 6. The summed E-state index contributed by atoms with van der Waals surface area (Å²) in [5, 5.41) is 14.9. The third-order valence-corrected chi connectivity index (χ3v) is 9.14. The van der Waals surface area contributed by atoms with Crippen LogP contribution in [0.5, 0.6) is 23.4 Å². The number of hydrogen-bond donors (Lipinski definition) is 2. The quantitative estimate of drug-likeness (QED) is 0.334. The number of nitrogens with zero attached hydrogens (tertiary/aromatic N) is 2. The molecule has 1 unspecified atom stereocenters. The van der Waals surface area contributed by atoms with Crippen LogP contribution in [0.25, 0.3) is 0 Å². The molecule has 4 atom stereocenters. The number of aromatic nitrogens is 2. The molecule has 0 amide bonds. The molecule has 1 saturated heterocycles. The van der Waals surface area contributed by atoms with Gasteiger partial charge in [0.2, 0.25) is 29.2 Å². The first-order valence-electron chi connectivity index (χ1n) is 15.2. The highest BCUT2D eigenvalue weighted by molar-refractivity contribution is 5.65. The number of pyridine rings is 2. The number of fused-ring (bicyclic) bond motifs is 3. The summed E-state index contributed by atoms with van der Waals surface area (Å²) in [5.74, 6) is -1.42. The fraction of sp³-hybridized carbons (Fsp3) is 0.576. The molecule has 0 spiro atoms. The van der Waals surface area contributed by atoms with Crippen molar-refractivity contribution in [3.8, 4) is 23.4 Å². The third kappa shape index (κ3) is 5.27. The molecular weight excluding hydrogens is 582 g/mol. The lowest BCUT2D eigenvalue weighted by Gasteiger charge is -2.56. The maximum atomic E-state index is 10.9. The van der Waals surface area contributed by atoms with Gasteiger partial charge in [0.15, 0.2) is 0 Å². The van der Waals surface area contributed by atoms with Gasteiger partial charge in [0, 0.05) is 68.8 Å². The van der Waals surface area contributed by atoms with Gasteiger partial charge in [0.25, 0.3) is 0 Å². The Balaban J connectivity index is 1.94. The smallest absolute Gasteiger partial charge is 0.248 e. The molecule has 0 bridgehead atoms. The third-order valence-electron chi connectivity index (χ3n) is 9.14. The number of piperidine rings is 1. The highest BCUT2D eigenvalue weighted by Crippen LogP contribution is 2.58. The van der Waals surface area contributed by atoms with E-state index in [0.29, 0.717) is 67.0 Å². The summed E-state index contributed by atoms with van der Waals surface area (Å²) in [4.78, 5) is 9.33. The molecule has 12 nitrogen and oxygen atoms in total. The fourth-order valence-corrected chi connectivity index (χ4v) is 7.20. The lowest BCUT2D eigenvalue weighted by Crippen LogP contribution is -2.65. The molecule has 5 rings (SSSR count). The predicted molar refractivity (Wildman–Crippen MR) is 165 cm³/mol. The SMILES string of the molecule is CCOC1(OCC)C=C2C(=CC1(OC)OC)C(c1cnc(OC)cc1OC)(c1ccc(OC)nc1OC)N[C@@H]1CC[C@@H](O)C[C@H]21. The summed E-state index contributed by atoms with van der Waals surface area (Å²) in [6.45, 7) is 4.45. The molecule has 2 aromatic rings. The Labute approximate surface area is 264 Å². The second-order valence-electron chi connectivity index (χ2n) is 11.2. The molecule has 1 aliphatic heterocycles. The summed E-state index contributed by atoms with van der Waals surface area (Å²) in [6, 6.07) is 5.37. The molecule has 2 N–H and O–H groups in total. The lowest BCUT2D eigenvalue weighted by atomic mass is 9.61. The highest BCUT2D eigenvalue weighted by atomic mass is 16.8. The molecule has 2 aromatic heterocycles. The van der Waals surface area contributed by atoms with Crippen molar-refractivity contribution in [2.75, 3.05) is 55.9 Å². The van der Waals surface area contributed by atoms with E-state index < -0.39 is 23.2 Å².